The number of aliphatic imine (C=N–C) groups is 1. The van der Waals surface area contributed by atoms with Crippen molar-refractivity contribution in [3.63, 3.8) is 0 Å². The number of rotatable bonds is 11. The summed E-state index contributed by atoms with van der Waals surface area (Å²) in [5, 5.41) is 1.08. The minimum absolute atomic E-state index is 0.0749. The molecule has 0 aliphatic heterocycles. The second-order valence-corrected chi connectivity index (χ2v) is 16.3. The van der Waals surface area contributed by atoms with Gasteiger partial charge in [-0.3, -0.25) is 4.99 Å². The molecule has 0 N–H and O–H groups in total. The molecule has 1 heterocycles. The molecule has 3 unspecified atom stereocenters. The summed E-state index contributed by atoms with van der Waals surface area (Å²) in [6.07, 6.45) is 0.301. The summed E-state index contributed by atoms with van der Waals surface area (Å²) >= 11 is 13.8. The van der Waals surface area contributed by atoms with Crippen LogP contribution in [0.4, 0.5) is 5.69 Å². The van der Waals surface area contributed by atoms with Gasteiger partial charge in [0, 0.05) is 17.3 Å². The standard InChI is InChI=1S/C46H52Cl2N2O/c1-27-21-29(3)41(30(4)22-27)45(42-31(5)23-28(2)24-32(42)6)51-40(26-50-33(7)19-20-34(50)8)43(49-44-38(47)17-14-18-39(44)48)36-25-37(36)46(9,10)35-15-12-11-13-16-35/h11-24,36-37,40,45H,25-26H2,1-10H3/b49-43+. The molecule has 1 fully saturated rings. The van der Waals surface area contributed by atoms with Crippen LogP contribution in [0, 0.1) is 67.2 Å². The van der Waals surface area contributed by atoms with E-state index < -0.39 is 0 Å². The molecular weight excluding hydrogens is 667 g/mol. The van der Waals surface area contributed by atoms with Gasteiger partial charge in [-0.2, -0.15) is 0 Å². The van der Waals surface area contributed by atoms with Gasteiger partial charge in [0.1, 0.15) is 17.9 Å². The van der Waals surface area contributed by atoms with Crippen molar-refractivity contribution in [3.05, 3.63) is 156 Å². The number of halogens is 2. The zero-order chi connectivity index (χ0) is 36.8. The predicted molar refractivity (Wildman–Crippen MR) is 217 cm³/mol. The topological polar surface area (TPSA) is 26.5 Å². The van der Waals surface area contributed by atoms with Gasteiger partial charge in [-0.15, -0.1) is 0 Å². The van der Waals surface area contributed by atoms with Crippen LogP contribution in [0.2, 0.25) is 10.0 Å². The highest BCUT2D eigenvalue weighted by Crippen LogP contribution is 2.54. The molecule has 6 rings (SSSR count). The number of aromatic nitrogens is 1. The van der Waals surface area contributed by atoms with Gasteiger partial charge < -0.3 is 9.30 Å². The van der Waals surface area contributed by atoms with Crippen molar-refractivity contribution < 1.29 is 4.74 Å². The van der Waals surface area contributed by atoms with Gasteiger partial charge in [0.25, 0.3) is 0 Å². The molecule has 4 aromatic carbocycles. The molecule has 51 heavy (non-hydrogen) atoms. The van der Waals surface area contributed by atoms with Crippen LogP contribution >= 0.6 is 23.2 Å². The Morgan fingerprint density at radius 3 is 1.71 bits per heavy atom. The highest BCUT2D eigenvalue weighted by molar-refractivity contribution is 6.39. The highest BCUT2D eigenvalue weighted by atomic mass is 35.5. The average molecular weight is 720 g/mol. The quantitative estimate of drug-likeness (QED) is 0.125. The van der Waals surface area contributed by atoms with E-state index in [0.29, 0.717) is 28.2 Å². The van der Waals surface area contributed by atoms with E-state index in [1.165, 1.54) is 61.5 Å². The summed E-state index contributed by atoms with van der Waals surface area (Å²) in [5.74, 6) is 0.539. The number of aryl methyl sites for hydroxylation is 8. The van der Waals surface area contributed by atoms with Crippen LogP contribution in [0.25, 0.3) is 0 Å². The van der Waals surface area contributed by atoms with Crippen LogP contribution in [0.15, 0.2) is 89.9 Å². The monoisotopic (exact) mass is 718 g/mol. The summed E-state index contributed by atoms with van der Waals surface area (Å²) in [7, 11) is 0. The van der Waals surface area contributed by atoms with Crippen LogP contribution in [0.5, 0.6) is 0 Å². The van der Waals surface area contributed by atoms with Gasteiger partial charge >= 0.3 is 0 Å². The second-order valence-electron chi connectivity index (χ2n) is 15.5. The first-order chi connectivity index (χ1) is 24.2. The van der Waals surface area contributed by atoms with Gasteiger partial charge in [0.2, 0.25) is 0 Å². The Balaban J connectivity index is 1.58. The lowest BCUT2D eigenvalue weighted by Gasteiger charge is -2.33. The number of benzene rings is 4. The fourth-order valence-electron chi connectivity index (χ4n) is 8.53. The molecule has 266 valence electrons. The lowest BCUT2D eigenvalue weighted by molar-refractivity contribution is 0.0345. The van der Waals surface area contributed by atoms with E-state index in [1.807, 2.05) is 18.2 Å². The molecule has 0 radical (unpaired) electrons. The fourth-order valence-corrected chi connectivity index (χ4v) is 9.02. The maximum atomic E-state index is 7.75. The second kappa shape index (κ2) is 14.8. The first-order valence-corrected chi connectivity index (χ1v) is 18.9. The molecule has 0 bridgehead atoms. The number of ether oxygens (including phenoxy) is 1. The SMILES string of the molecule is Cc1cc(C)c(C(OC(Cn2c(C)ccc2C)/C(=N/c2c(Cl)cccc2Cl)C2CC2C(C)(C)c2ccccc2)c2c(C)cc(C)cc2C)c(C)c1. The fraction of sp³-hybridized carbons (Fsp3) is 0.370. The molecule has 1 aliphatic carbocycles. The van der Waals surface area contributed by atoms with E-state index >= 15 is 0 Å². The first-order valence-electron chi connectivity index (χ1n) is 18.2. The van der Waals surface area contributed by atoms with Gasteiger partial charge in [0.15, 0.2) is 0 Å². The Bertz CT molecular complexity index is 1950. The molecule has 1 aliphatic rings. The van der Waals surface area contributed by atoms with Crippen molar-refractivity contribution in [2.45, 2.75) is 99.8 Å². The molecular formula is C46H52Cl2N2O. The van der Waals surface area contributed by atoms with Crippen molar-refractivity contribution in [1.82, 2.24) is 4.57 Å². The summed E-state index contributed by atoms with van der Waals surface area (Å²) in [6, 6.07) is 30.0. The minimum atomic E-state index is -0.381. The Labute approximate surface area is 315 Å². The zero-order valence-electron chi connectivity index (χ0n) is 31.9. The Hall–Kier alpha value is -3.63. The molecule has 3 nitrogen and oxygen atoms in total. The molecule has 5 aromatic rings. The van der Waals surface area contributed by atoms with Crippen LogP contribution in [0.1, 0.15) is 87.8 Å². The molecule has 0 saturated heterocycles. The molecule has 0 spiro atoms. The summed E-state index contributed by atoms with van der Waals surface area (Å²) < 4.78 is 10.1. The maximum absolute atomic E-state index is 7.75. The van der Waals surface area contributed by atoms with E-state index in [4.69, 9.17) is 32.9 Å². The molecule has 1 aromatic heterocycles. The van der Waals surface area contributed by atoms with Gasteiger partial charge in [0.05, 0.1) is 22.3 Å². The summed E-state index contributed by atoms with van der Waals surface area (Å²) in [5.41, 5.74) is 15.1. The number of para-hydroxylation sites is 1. The number of hydrogen-bond donors (Lipinski definition) is 0. The average Bonchev–Trinajstić information content (AvgIpc) is 3.80. The Morgan fingerprint density at radius 1 is 0.725 bits per heavy atom. The van der Waals surface area contributed by atoms with Gasteiger partial charge in [-0.25, -0.2) is 0 Å². The third-order valence-corrected chi connectivity index (χ3v) is 11.8. The van der Waals surface area contributed by atoms with Crippen molar-refractivity contribution in [3.8, 4) is 0 Å². The van der Waals surface area contributed by atoms with Crippen molar-refractivity contribution in [1.29, 1.82) is 0 Å². The Kier molecular flexibility index (Phi) is 10.8. The smallest absolute Gasteiger partial charge is 0.115 e. The predicted octanol–water partition coefficient (Wildman–Crippen LogP) is 12.8. The van der Waals surface area contributed by atoms with Crippen LogP contribution < -0.4 is 0 Å². The third kappa shape index (κ3) is 7.63. The van der Waals surface area contributed by atoms with Crippen LogP contribution in [-0.2, 0) is 16.7 Å². The van der Waals surface area contributed by atoms with E-state index in [2.05, 4.69) is 141 Å². The van der Waals surface area contributed by atoms with Crippen molar-refractivity contribution in [2.24, 2.45) is 16.8 Å². The molecule has 3 atom stereocenters. The Morgan fingerprint density at radius 2 is 1.22 bits per heavy atom. The highest BCUT2D eigenvalue weighted by Gasteiger charge is 2.52. The number of hydrogen-bond acceptors (Lipinski definition) is 2. The lowest BCUT2D eigenvalue weighted by Crippen LogP contribution is -2.35. The van der Waals surface area contributed by atoms with Gasteiger partial charge in [-0.1, -0.05) is 109 Å². The normalized spacial score (nSPS) is 16.9. The summed E-state index contributed by atoms with van der Waals surface area (Å²) in [4.78, 5) is 5.49. The largest absolute Gasteiger partial charge is 0.358 e. The minimum Gasteiger partial charge on any atom is -0.358 e. The molecule has 5 heteroatoms. The first kappa shape index (κ1) is 37.1. The van der Waals surface area contributed by atoms with Gasteiger partial charge in [-0.05, 0) is 136 Å². The molecule has 0 amide bonds. The summed E-state index contributed by atoms with van der Waals surface area (Å²) in [6.45, 7) is 22.9. The van der Waals surface area contributed by atoms with Crippen molar-refractivity contribution in [2.75, 3.05) is 0 Å². The van der Waals surface area contributed by atoms with E-state index in [-0.39, 0.29) is 23.5 Å². The van der Waals surface area contributed by atoms with Crippen molar-refractivity contribution >= 4 is 34.6 Å². The maximum Gasteiger partial charge on any atom is 0.115 e. The van der Waals surface area contributed by atoms with Crippen LogP contribution in [-0.4, -0.2) is 16.4 Å². The van der Waals surface area contributed by atoms with E-state index in [1.54, 1.807) is 0 Å². The number of nitrogens with zero attached hydrogens (tertiary/aromatic N) is 2. The lowest BCUT2D eigenvalue weighted by atomic mass is 9.78. The van der Waals surface area contributed by atoms with E-state index in [0.717, 1.165) is 12.1 Å². The van der Waals surface area contributed by atoms with Crippen LogP contribution in [0.3, 0.4) is 0 Å². The molecule has 1 saturated carbocycles. The van der Waals surface area contributed by atoms with E-state index in [9.17, 15) is 0 Å². The third-order valence-electron chi connectivity index (χ3n) is 11.2. The zero-order valence-corrected chi connectivity index (χ0v) is 33.4.